The second-order valence-corrected chi connectivity index (χ2v) is 6.81. The third-order valence-corrected chi connectivity index (χ3v) is 5.10. The van der Waals surface area contributed by atoms with Gasteiger partial charge in [0.1, 0.15) is 11.9 Å². The van der Waals surface area contributed by atoms with Crippen LogP contribution in [-0.2, 0) is 9.53 Å². The minimum Gasteiger partial charge on any atom is -0.497 e. The number of carbonyl (C=O) groups is 2. The topological polar surface area (TPSA) is 59.1 Å². The fraction of sp³-hybridized carbons (Fsp3) is 0.579. The van der Waals surface area contributed by atoms with Gasteiger partial charge in [0.2, 0.25) is 0 Å². The van der Waals surface area contributed by atoms with Gasteiger partial charge in [-0.2, -0.15) is 0 Å². The van der Waals surface area contributed by atoms with E-state index in [1.54, 1.807) is 7.11 Å². The number of methoxy groups -OCH3 is 1. The lowest BCUT2D eigenvalue weighted by atomic mass is 9.88. The van der Waals surface area contributed by atoms with E-state index < -0.39 is 0 Å². The standard InChI is InChI=1S/C19H26N2O4/c1-20-11-12-25-17(13-20)19(23)21-9-7-15(8-10-21)18(22)14-3-5-16(24-2)6-4-14/h3-6,15,17H,7-13H2,1-2H3/t17-/m0/s1. The number of piperidine rings is 1. The van der Waals surface area contributed by atoms with Crippen molar-refractivity contribution in [3.63, 3.8) is 0 Å². The zero-order valence-electron chi connectivity index (χ0n) is 14.9. The lowest BCUT2D eigenvalue weighted by Gasteiger charge is -2.36. The van der Waals surface area contributed by atoms with Crippen LogP contribution in [0.1, 0.15) is 23.2 Å². The van der Waals surface area contributed by atoms with Gasteiger partial charge in [0, 0.05) is 37.7 Å². The van der Waals surface area contributed by atoms with E-state index in [4.69, 9.17) is 9.47 Å². The molecule has 2 saturated heterocycles. The second kappa shape index (κ2) is 7.97. The van der Waals surface area contributed by atoms with Gasteiger partial charge in [-0.1, -0.05) is 0 Å². The van der Waals surface area contributed by atoms with E-state index >= 15 is 0 Å². The Labute approximate surface area is 148 Å². The number of nitrogens with zero attached hydrogens (tertiary/aromatic N) is 2. The molecule has 1 amide bonds. The molecule has 0 radical (unpaired) electrons. The molecule has 0 N–H and O–H groups in total. The van der Waals surface area contributed by atoms with Gasteiger partial charge in [-0.25, -0.2) is 0 Å². The Morgan fingerprint density at radius 2 is 1.80 bits per heavy atom. The third-order valence-electron chi connectivity index (χ3n) is 5.10. The first-order valence-electron chi connectivity index (χ1n) is 8.85. The maximum absolute atomic E-state index is 12.6. The highest BCUT2D eigenvalue weighted by Gasteiger charge is 2.33. The Morgan fingerprint density at radius 3 is 2.40 bits per heavy atom. The van der Waals surface area contributed by atoms with E-state index in [2.05, 4.69) is 4.90 Å². The second-order valence-electron chi connectivity index (χ2n) is 6.81. The predicted molar refractivity (Wildman–Crippen MR) is 93.9 cm³/mol. The molecule has 2 aliphatic rings. The monoisotopic (exact) mass is 346 g/mol. The first-order valence-corrected chi connectivity index (χ1v) is 8.85. The quantitative estimate of drug-likeness (QED) is 0.773. The maximum Gasteiger partial charge on any atom is 0.253 e. The molecule has 0 aliphatic carbocycles. The summed E-state index contributed by atoms with van der Waals surface area (Å²) in [5.74, 6) is 0.937. The van der Waals surface area contributed by atoms with E-state index in [-0.39, 0.29) is 23.7 Å². The summed E-state index contributed by atoms with van der Waals surface area (Å²) in [5.41, 5.74) is 0.711. The summed E-state index contributed by atoms with van der Waals surface area (Å²) in [6, 6.07) is 7.24. The first-order chi connectivity index (χ1) is 12.1. The first kappa shape index (κ1) is 17.9. The van der Waals surface area contributed by atoms with Crippen molar-refractivity contribution >= 4 is 11.7 Å². The number of rotatable bonds is 4. The molecule has 6 heteroatoms. The summed E-state index contributed by atoms with van der Waals surface area (Å²) >= 11 is 0. The van der Waals surface area contributed by atoms with Crippen LogP contribution in [0.15, 0.2) is 24.3 Å². The molecule has 6 nitrogen and oxygen atoms in total. The summed E-state index contributed by atoms with van der Waals surface area (Å²) < 4.78 is 10.7. The highest BCUT2D eigenvalue weighted by Crippen LogP contribution is 2.24. The Bertz CT molecular complexity index is 608. The molecule has 2 heterocycles. The van der Waals surface area contributed by atoms with Gasteiger partial charge in [0.05, 0.1) is 13.7 Å². The molecule has 25 heavy (non-hydrogen) atoms. The lowest BCUT2D eigenvalue weighted by molar-refractivity contribution is -0.150. The van der Waals surface area contributed by atoms with Crippen molar-refractivity contribution in [2.45, 2.75) is 18.9 Å². The summed E-state index contributed by atoms with van der Waals surface area (Å²) in [6.07, 6.45) is 1.05. The van der Waals surface area contributed by atoms with Crippen molar-refractivity contribution in [3.05, 3.63) is 29.8 Å². The van der Waals surface area contributed by atoms with Crippen LogP contribution >= 0.6 is 0 Å². The van der Waals surface area contributed by atoms with Crippen LogP contribution in [-0.4, -0.2) is 74.5 Å². The van der Waals surface area contributed by atoms with Crippen molar-refractivity contribution < 1.29 is 19.1 Å². The van der Waals surface area contributed by atoms with Crippen molar-refractivity contribution in [1.29, 1.82) is 0 Å². The number of carbonyl (C=O) groups excluding carboxylic acids is 2. The zero-order chi connectivity index (χ0) is 17.8. The number of amides is 1. The molecule has 0 unspecified atom stereocenters. The number of benzene rings is 1. The van der Waals surface area contributed by atoms with E-state index in [1.165, 1.54) is 0 Å². The van der Waals surface area contributed by atoms with E-state index in [0.717, 1.165) is 12.3 Å². The summed E-state index contributed by atoms with van der Waals surface area (Å²) in [6.45, 7) is 3.34. The average Bonchev–Trinajstić information content (AvgIpc) is 2.67. The number of hydrogen-bond donors (Lipinski definition) is 0. The van der Waals surface area contributed by atoms with Crippen molar-refractivity contribution in [2.75, 3.05) is 46.9 Å². The van der Waals surface area contributed by atoms with E-state index in [0.29, 0.717) is 44.6 Å². The third kappa shape index (κ3) is 4.19. The molecular formula is C19H26N2O4. The van der Waals surface area contributed by atoms with Crippen molar-refractivity contribution in [2.24, 2.45) is 5.92 Å². The molecule has 0 bridgehead atoms. The van der Waals surface area contributed by atoms with Gasteiger partial charge >= 0.3 is 0 Å². The van der Waals surface area contributed by atoms with Gasteiger partial charge in [0.25, 0.3) is 5.91 Å². The molecule has 0 saturated carbocycles. The van der Waals surface area contributed by atoms with Crippen LogP contribution in [0.25, 0.3) is 0 Å². The van der Waals surface area contributed by atoms with Crippen molar-refractivity contribution in [3.8, 4) is 5.75 Å². The van der Waals surface area contributed by atoms with Gasteiger partial charge in [-0.05, 0) is 44.2 Å². The van der Waals surface area contributed by atoms with Gasteiger partial charge in [-0.15, -0.1) is 0 Å². The number of likely N-dealkylation sites (tertiary alicyclic amines) is 1. The van der Waals surface area contributed by atoms with Crippen molar-refractivity contribution in [1.82, 2.24) is 9.80 Å². The summed E-state index contributed by atoms with van der Waals surface area (Å²) in [7, 11) is 3.61. The number of ketones is 1. The molecule has 2 fully saturated rings. The Morgan fingerprint density at radius 1 is 1.12 bits per heavy atom. The van der Waals surface area contributed by atoms with Gasteiger partial charge in [0.15, 0.2) is 5.78 Å². The Hall–Kier alpha value is -1.92. The summed E-state index contributed by atoms with van der Waals surface area (Å²) in [5, 5.41) is 0. The number of likely N-dealkylation sites (N-methyl/N-ethyl adjacent to an activating group) is 1. The maximum atomic E-state index is 12.6. The number of hydrogen-bond acceptors (Lipinski definition) is 5. The smallest absolute Gasteiger partial charge is 0.253 e. The molecule has 1 aromatic rings. The lowest BCUT2D eigenvalue weighted by Crippen LogP contribution is -2.52. The highest BCUT2D eigenvalue weighted by molar-refractivity contribution is 5.98. The van der Waals surface area contributed by atoms with Crippen LogP contribution in [0.5, 0.6) is 5.75 Å². The Kier molecular flexibility index (Phi) is 5.71. The minimum atomic E-state index is -0.368. The summed E-state index contributed by atoms with van der Waals surface area (Å²) in [4.78, 5) is 29.2. The van der Waals surface area contributed by atoms with Gasteiger partial charge in [-0.3, -0.25) is 9.59 Å². The minimum absolute atomic E-state index is 0.0209. The largest absolute Gasteiger partial charge is 0.497 e. The average molecular weight is 346 g/mol. The number of morpholine rings is 1. The van der Waals surface area contributed by atoms with Crippen LogP contribution in [0, 0.1) is 5.92 Å². The SMILES string of the molecule is COc1ccc(C(=O)C2CCN(C(=O)[C@@H]3CN(C)CCO3)CC2)cc1. The van der Waals surface area contributed by atoms with E-state index in [1.807, 2.05) is 36.2 Å². The van der Waals surface area contributed by atoms with E-state index in [9.17, 15) is 9.59 Å². The highest BCUT2D eigenvalue weighted by atomic mass is 16.5. The fourth-order valence-electron chi connectivity index (χ4n) is 3.48. The molecule has 0 aromatic heterocycles. The van der Waals surface area contributed by atoms with Crippen LogP contribution in [0.2, 0.25) is 0 Å². The van der Waals surface area contributed by atoms with Crippen LogP contribution < -0.4 is 4.74 Å². The van der Waals surface area contributed by atoms with Gasteiger partial charge < -0.3 is 19.3 Å². The molecule has 2 aliphatic heterocycles. The normalized spacial score (nSPS) is 22.6. The Balaban J connectivity index is 1.54. The van der Waals surface area contributed by atoms with Crippen LogP contribution in [0.3, 0.4) is 0 Å². The molecular weight excluding hydrogens is 320 g/mol. The molecule has 136 valence electrons. The number of Topliss-reactive ketones (excluding diaryl/α,β-unsaturated/α-hetero) is 1. The molecule has 1 atom stereocenters. The predicted octanol–water partition coefficient (Wildman–Crippen LogP) is 1.45. The molecule has 0 spiro atoms. The van der Waals surface area contributed by atoms with Crippen LogP contribution in [0.4, 0.5) is 0 Å². The molecule has 1 aromatic carbocycles. The molecule has 3 rings (SSSR count). The number of ether oxygens (including phenoxy) is 2. The fourth-order valence-corrected chi connectivity index (χ4v) is 3.48. The zero-order valence-corrected chi connectivity index (χ0v) is 14.9.